The molecular formula is C18H14N3Na3O13S4. The van der Waals surface area contributed by atoms with Crippen LogP contribution < -0.4 is 104 Å². The summed E-state index contributed by atoms with van der Waals surface area (Å²) in [5.41, 5.74) is 6.02. The average molecular weight is 678 g/mol. The van der Waals surface area contributed by atoms with Gasteiger partial charge in [-0.2, -0.15) is 9.45 Å². The molecule has 0 amide bonds. The maximum absolute atomic E-state index is 11.8. The maximum atomic E-state index is 11.8. The fraction of sp³-hybridized carbons (Fsp3) is 0.111. The first-order chi connectivity index (χ1) is 17.8. The topological polar surface area (TPSA) is 262 Å². The van der Waals surface area contributed by atoms with Crippen LogP contribution in [0.15, 0.2) is 62.5 Å². The Balaban J connectivity index is 0.00000533. The number of phenolic OH excluding ortho intramolecular Hbond substituents is 1. The number of azo groups is 1. The van der Waals surface area contributed by atoms with Gasteiger partial charge in [-0.3, -0.25) is 9.22 Å². The number of phenols is 1. The number of fused-ring (bicyclic) bond motifs is 1. The summed E-state index contributed by atoms with van der Waals surface area (Å²) in [6.45, 7) is -0.636. The van der Waals surface area contributed by atoms with Crippen LogP contribution in [0.2, 0.25) is 0 Å². The number of anilines is 1. The molecule has 0 fully saturated rings. The van der Waals surface area contributed by atoms with Crippen molar-refractivity contribution in [3.63, 3.8) is 0 Å². The Bertz CT molecular complexity index is 1610. The summed E-state index contributed by atoms with van der Waals surface area (Å²) in [5, 5.41) is 31.9. The number of hydrogen-bond acceptors (Lipinski definition) is 17. The van der Waals surface area contributed by atoms with Gasteiger partial charge >= 0.3 is 88.7 Å². The van der Waals surface area contributed by atoms with E-state index in [0.717, 1.165) is 12.1 Å². The van der Waals surface area contributed by atoms with Gasteiger partial charge < -0.3 is 29.4 Å². The zero-order valence-corrected chi connectivity index (χ0v) is 30.7. The maximum Gasteiger partial charge on any atom is 1.00 e. The Morgan fingerprint density at radius 2 is 1.63 bits per heavy atom. The van der Waals surface area contributed by atoms with Crippen LogP contribution in [0.25, 0.3) is 10.8 Å². The van der Waals surface area contributed by atoms with Gasteiger partial charge in [-0.05, 0) is 47.9 Å². The number of aromatic hydroxyl groups is 1. The molecule has 0 aromatic heterocycles. The van der Waals surface area contributed by atoms with Crippen LogP contribution >= 0.6 is 12.0 Å². The standard InChI is InChI=1S/C18H17N3O13S4.3Na/c19-17-16-10(7-13(9-14(16)22)37(25,26)27)8-15(35-34-33-23)18(17)21-20-11-1-3-12(4-2-11)32-36(24)6-5-31-38(28,29)30;;;/h1-4,7-9,22-23H,5-6,19H2,(H,25,26,27)(H,28,29,30);;;/q;3*+1/p-3. The van der Waals surface area contributed by atoms with Crippen molar-refractivity contribution < 1.29 is 147 Å². The van der Waals surface area contributed by atoms with Gasteiger partial charge in [0, 0.05) is 5.39 Å². The van der Waals surface area contributed by atoms with Crippen LogP contribution in [0.1, 0.15) is 0 Å². The van der Waals surface area contributed by atoms with Crippen molar-refractivity contribution in [1.29, 1.82) is 0 Å². The third-order valence-corrected chi connectivity index (χ3v) is 7.14. The first kappa shape index (κ1) is 41.1. The molecule has 3 aromatic carbocycles. The Kier molecular flexibility index (Phi) is 18.2. The molecule has 16 nitrogen and oxygen atoms in total. The number of benzene rings is 3. The van der Waals surface area contributed by atoms with Crippen LogP contribution in [-0.2, 0) is 45.2 Å². The van der Waals surface area contributed by atoms with Crippen molar-refractivity contribution >= 4 is 71.5 Å². The monoisotopic (exact) mass is 677 g/mol. The zero-order valence-electron chi connectivity index (χ0n) is 21.4. The predicted molar refractivity (Wildman–Crippen MR) is 126 cm³/mol. The van der Waals surface area contributed by atoms with Gasteiger partial charge in [-0.1, -0.05) is 0 Å². The molecule has 1 unspecified atom stereocenters. The molecule has 0 aliphatic carbocycles. The quantitative estimate of drug-likeness (QED) is 0.0264. The summed E-state index contributed by atoms with van der Waals surface area (Å²) in [7, 11) is -9.83. The minimum atomic E-state index is -4.92. The van der Waals surface area contributed by atoms with Gasteiger partial charge in [0.25, 0.3) is 0 Å². The van der Waals surface area contributed by atoms with Crippen molar-refractivity contribution in [2.75, 3.05) is 18.1 Å². The summed E-state index contributed by atoms with van der Waals surface area (Å²) in [6, 6.07) is 8.39. The second-order valence-electron chi connectivity index (χ2n) is 6.87. The SMILES string of the molecule is Nc1c(N=Nc2ccc(OS(=O)CCOS(=O)(=O)[O-])cc2)c(SOO[O-])cc2cc(S(=O)(=O)[O-])cc(O)c12.[Na+].[Na+].[Na+]. The Labute approximate surface area is 306 Å². The van der Waals surface area contributed by atoms with Gasteiger partial charge in [-0.15, -0.1) is 5.11 Å². The third-order valence-electron chi connectivity index (χ3n) is 4.38. The molecule has 206 valence electrons. The van der Waals surface area contributed by atoms with Gasteiger partial charge in [0.05, 0.1) is 45.6 Å². The molecule has 3 rings (SSSR count). The normalized spacial score (nSPS) is 12.3. The molecule has 0 bridgehead atoms. The largest absolute Gasteiger partial charge is 1.00 e. The zero-order chi connectivity index (χ0) is 28.1. The fourth-order valence-corrected chi connectivity index (χ4v) is 4.94. The Hall–Kier alpha value is 0.0800. The van der Waals surface area contributed by atoms with E-state index in [1.54, 1.807) is 0 Å². The van der Waals surface area contributed by atoms with Crippen molar-refractivity contribution in [2.24, 2.45) is 10.2 Å². The van der Waals surface area contributed by atoms with E-state index in [0.29, 0.717) is 12.0 Å². The summed E-state index contributed by atoms with van der Waals surface area (Å²) in [4.78, 5) is -0.716. The number of rotatable bonds is 12. The molecule has 0 aliphatic heterocycles. The third kappa shape index (κ3) is 12.5. The molecule has 3 N–H and O–H groups in total. The molecule has 0 spiro atoms. The van der Waals surface area contributed by atoms with E-state index in [-0.39, 0.29) is 127 Å². The van der Waals surface area contributed by atoms with E-state index in [4.69, 9.17) is 9.92 Å². The average Bonchev–Trinajstić information content (AvgIpc) is 2.81. The van der Waals surface area contributed by atoms with E-state index in [1.165, 1.54) is 30.3 Å². The Morgan fingerprint density at radius 1 is 1.00 bits per heavy atom. The molecular weight excluding hydrogens is 663 g/mol. The van der Waals surface area contributed by atoms with Crippen molar-refractivity contribution in [1.82, 2.24) is 0 Å². The van der Waals surface area contributed by atoms with Crippen molar-refractivity contribution in [3.8, 4) is 11.5 Å². The molecule has 41 heavy (non-hydrogen) atoms. The molecule has 0 heterocycles. The predicted octanol–water partition coefficient (Wildman–Crippen LogP) is -7.79. The first-order valence-electron chi connectivity index (χ1n) is 9.65. The van der Waals surface area contributed by atoms with E-state index in [9.17, 15) is 40.5 Å². The van der Waals surface area contributed by atoms with Crippen LogP contribution in [-0.4, -0.2) is 47.6 Å². The number of nitrogens with zero attached hydrogens (tertiary/aromatic N) is 2. The van der Waals surface area contributed by atoms with Gasteiger partial charge in [0.2, 0.25) is 21.5 Å². The minimum Gasteiger partial charge on any atom is -0.744 e. The summed E-state index contributed by atoms with van der Waals surface area (Å²) in [5.74, 6) is -0.922. The van der Waals surface area contributed by atoms with E-state index >= 15 is 0 Å². The van der Waals surface area contributed by atoms with Crippen LogP contribution in [0.5, 0.6) is 11.5 Å². The van der Waals surface area contributed by atoms with Crippen molar-refractivity contribution in [3.05, 3.63) is 42.5 Å². The molecule has 0 radical (unpaired) electrons. The van der Waals surface area contributed by atoms with Crippen LogP contribution in [0.3, 0.4) is 0 Å². The smallest absolute Gasteiger partial charge is 0.744 e. The number of nitrogen functional groups attached to an aromatic ring is 1. The van der Waals surface area contributed by atoms with Crippen molar-refractivity contribution in [2.45, 2.75) is 9.79 Å². The molecule has 0 saturated carbocycles. The molecule has 23 heteroatoms. The first-order valence-corrected chi connectivity index (χ1v) is 14.4. The summed E-state index contributed by atoms with van der Waals surface area (Å²) < 4.78 is 90.4. The second-order valence-corrected chi connectivity index (χ2v) is 11.2. The minimum absolute atomic E-state index is 0. The van der Waals surface area contributed by atoms with E-state index < -0.39 is 54.6 Å². The fourth-order valence-electron chi connectivity index (χ4n) is 2.88. The van der Waals surface area contributed by atoms with Gasteiger partial charge in [-0.25, -0.2) is 21.0 Å². The van der Waals surface area contributed by atoms with Gasteiger partial charge in [0.15, 0.2) is 0 Å². The molecule has 0 aliphatic rings. The van der Waals surface area contributed by atoms with Gasteiger partial charge in [0.1, 0.15) is 27.3 Å². The number of hydrogen-bond donors (Lipinski definition) is 2. The summed E-state index contributed by atoms with van der Waals surface area (Å²) >= 11 is -1.66. The molecule has 0 saturated heterocycles. The van der Waals surface area contributed by atoms with E-state index in [1.807, 2.05) is 0 Å². The molecule has 1 atom stereocenters. The van der Waals surface area contributed by atoms with Crippen LogP contribution in [0, 0.1) is 0 Å². The van der Waals surface area contributed by atoms with Crippen LogP contribution in [0.4, 0.5) is 17.1 Å². The Morgan fingerprint density at radius 3 is 2.20 bits per heavy atom. The number of nitrogens with two attached hydrogens (primary N) is 1. The molecule has 3 aromatic rings. The van der Waals surface area contributed by atoms with E-state index in [2.05, 4.69) is 23.8 Å². The second kappa shape index (κ2) is 18.1. The summed E-state index contributed by atoms with van der Waals surface area (Å²) in [6.07, 6.45) is 0.